The molecule has 43 heteroatoms. The van der Waals surface area contributed by atoms with Gasteiger partial charge in [-0.1, -0.05) is 103 Å². The Kier molecular flexibility index (Phi) is 30.8. The Labute approximate surface area is 793 Å². The molecule has 9 aliphatic heterocycles. The number of carbonyl (C=O) groups excluding carboxylic acids is 7. The van der Waals surface area contributed by atoms with Crippen molar-refractivity contribution in [3.8, 4) is 80.1 Å². The van der Waals surface area contributed by atoms with Gasteiger partial charge in [0.1, 0.15) is 150 Å². The Morgan fingerprint density at radius 2 is 1.01 bits per heavy atom. The van der Waals surface area contributed by atoms with Gasteiger partial charge in [0.15, 0.2) is 35.3 Å². The summed E-state index contributed by atoms with van der Waals surface area (Å²) >= 11 is 14.9. The zero-order chi connectivity index (χ0) is 99.2. The number of phenols is 4. The molecule has 2 unspecified atom stereocenters. The zero-order valence-electron chi connectivity index (χ0n) is 75.5. The van der Waals surface area contributed by atoms with Gasteiger partial charge in [-0.25, -0.2) is 4.79 Å². The monoisotopic (exact) mass is 1950 g/mol. The Morgan fingerprint density at radius 1 is 0.482 bits per heavy atom. The number of fused-ring (bicyclic) bond motifs is 14. The van der Waals surface area contributed by atoms with Gasteiger partial charge in [0.05, 0.1) is 35.9 Å². The number of aliphatic hydroxyl groups excluding tert-OH is 10. The Bertz CT molecular complexity index is 5710. The van der Waals surface area contributed by atoms with Gasteiger partial charge in [-0.2, -0.15) is 0 Å². The van der Waals surface area contributed by atoms with E-state index in [1.54, 1.807) is 0 Å². The summed E-state index contributed by atoms with van der Waals surface area (Å²) in [5.74, 6) is -18.0. The minimum absolute atomic E-state index is 0.0873. The number of hydrogen-bond acceptors (Lipinski definition) is 33. The SMILES string of the molecule is CC(=O)N[C@H]1[C@H](O[C@@H]2c3ccc(c(Cl)c3)Oc3cc4cc(c3O[C@@H]3O[C@H](CO)[C@@H](O)[C@H](O)[C@H]3NCC(C)CC(C)(C)C)Oc3ccc(cc3Cl)C[C@H]3NC(=O)[C@H](NCC(C)CC(C)(C)C)c5ccc(O)c(c5)Oc5cc(O)cc(c5)[C@H](NC3=O)C(=O)N[C@H]4C(=O)N[C@H]3C(=O)N[C@@H]2C(=O)N[C@H](C(=O)O)c2cc(O)cc(O[C@H]4O[C@H](CO)[C@@H](O)[C@H](O)[C@@H]4O)c2-c2cc3ccc2O)O[C@H](CO)[C@@H](O)[C@@H]1O. The molecule has 9 heterocycles. The first-order valence-electron chi connectivity index (χ1n) is 44.2. The van der Waals surface area contributed by atoms with Crippen LogP contribution in [0.4, 0.5) is 0 Å². The molecule has 7 aromatic carbocycles. The number of ether oxygens (including phenoxy) is 9. The van der Waals surface area contributed by atoms with Gasteiger partial charge < -0.3 is 167 Å². The summed E-state index contributed by atoms with van der Waals surface area (Å²) in [6.07, 6.45) is -27.1. The number of aliphatic carboxylic acids is 1. The van der Waals surface area contributed by atoms with Gasteiger partial charge in [-0.3, -0.25) is 33.6 Å². The molecule has 0 saturated carbocycles. The van der Waals surface area contributed by atoms with E-state index in [0.29, 0.717) is 12.8 Å². The summed E-state index contributed by atoms with van der Waals surface area (Å²) in [5.41, 5.74) is -3.76. The molecule has 7 amide bonds. The van der Waals surface area contributed by atoms with Crippen molar-refractivity contribution in [3.05, 3.63) is 164 Å². The second-order valence-corrected chi connectivity index (χ2v) is 38.6. The highest BCUT2D eigenvalue weighted by Crippen LogP contribution is 2.51. The second-order valence-electron chi connectivity index (χ2n) is 37.8. The van der Waals surface area contributed by atoms with Crippen LogP contribution in [0.1, 0.15) is 150 Å². The number of rotatable bonds is 19. The molecule has 17 bridgehead atoms. The van der Waals surface area contributed by atoms with E-state index in [0.717, 1.165) is 79.7 Å². The lowest BCUT2D eigenvalue weighted by Crippen LogP contribution is -2.65. The van der Waals surface area contributed by atoms with Crippen LogP contribution in [0.5, 0.6) is 69.0 Å². The third kappa shape index (κ3) is 22.7. The van der Waals surface area contributed by atoms with Crippen LogP contribution in [0.15, 0.2) is 115 Å². The van der Waals surface area contributed by atoms with Crippen LogP contribution in [-0.4, -0.2) is 261 Å². The van der Waals surface area contributed by atoms with Crippen molar-refractivity contribution >= 4 is 70.5 Å². The quantitative estimate of drug-likeness (QED) is 0.0552. The normalized spacial score (nSPS) is 29.0. The number of phenolic OH excluding ortho intramolecular Hbond substituents is 4. The lowest BCUT2D eigenvalue weighted by molar-refractivity contribution is -0.284. The molecule has 9 aliphatic rings. The molecule has 738 valence electrons. The number of carboxylic acid groups (broad SMARTS) is 1. The highest BCUT2D eigenvalue weighted by atomic mass is 35.5. The molecule has 0 radical (unpaired) electrons. The molecule has 0 aromatic heterocycles. The molecule has 137 heavy (non-hydrogen) atoms. The summed E-state index contributed by atoms with van der Waals surface area (Å²) in [6.45, 7) is 14.3. The fourth-order valence-corrected chi connectivity index (χ4v) is 18.6. The van der Waals surface area contributed by atoms with Crippen molar-refractivity contribution in [2.45, 2.75) is 222 Å². The van der Waals surface area contributed by atoms with E-state index in [9.17, 15) is 86.2 Å². The molecule has 16 rings (SSSR count). The molecule has 3 fully saturated rings. The Hall–Kier alpha value is -11.6. The Morgan fingerprint density at radius 3 is 1.61 bits per heavy atom. The van der Waals surface area contributed by atoms with Crippen LogP contribution in [0.2, 0.25) is 10.0 Å². The second kappa shape index (κ2) is 41.6. The fraction of sp³-hybridized carbons (Fsp3) is 0.468. The van der Waals surface area contributed by atoms with Crippen LogP contribution in [-0.2, 0) is 63.7 Å². The highest BCUT2D eigenvalue weighted by Gasteiger charge is 2.52. The molecule has 24 N–H and O–H groups in total. The van der Waals surface area contributed by atoms with Crippen LogP contribution in [0, 0.1) is 22.7 Å². The molecule has 0 spiro atoms. The minimum atomic E-state index is -2.57. The largest absolute Gasteiger partial charge is 0.508 e. The van der Waals surface area contributed by atoms with Gasteiger partial charge >= 0.3 is 5.97 Å². The third-order valence-corrected chi connectivity index (χ3v) is 25.0. The van der Waals surface area contributed by atoms with E-state index in [1.807, 2.05) is 55.4 Å². The van der Waals surface area contributed by atoms with Crippen molar-refractivity contribution in [2.75, 3.05) is 32.9 Å². The van der Waals surface area contributed by atoms with E-state index in [-0.39, 0.29) is 80.3 Å². The van der Waals surface area contributed by atoms with E-state index >= 15 is 28.8 Å². The summed E-state index contributed by atoms with van der Waals surface area (Å²) in [6, 6.07) is 2.74. The van der Waals surface area contributed by atoms with Crippen LogP contribution < -0.4 is 71.5 Å². The maximum absolute atomic E-state index is 17.2. The summed E-state index contributed by atoms with van der Waals surface area (Å²) in [5, 5.41) is 196. The van der Waals surface area contributed by atoms with Crippen molar-refractivity contribution in [1.82, 2.24) is 47.9 Å². The maximum Gasteiger partial charge on any atom is 0.330 e. The Balaban J connectivity index is 1.04. The van der Waals surface area contributed by atoms with Gasteiger partial charge in [0.2, 0.25) is 59.7 Å². The predicted octanol–water partition coefficient (Wildman–Crippen LogP) is 3.27. The first-order chi connectivity index (χ1) is 64.7. The molecule has 41 nitrogen and oxygen atoms in total. The average Bonchev–Trinajstić information content (AvgIpc) is 0.758. The number of benzene rings is 7. The number of aliphatic hydroxyl groups is 10. The van der Waals surface area contributed by atoms with E-state index in [2.05, 4.69) is 47.9 Å². The number of amides is 7. The first kappa shape index (κ1) is 101. The number of nitrogens with one attached hydrogen (secondary N) is 9. The van der Waals surface area contributed by atoms with Crippen LogP contribution >= 0.6 is 23.2 Å². The highest BCUT2D eigenvalue weighted by molar-refractivity contribution is 6.32. The van der Waals surface area contributed by atoms with Crippen molar-refractivity contribution in [3.63, 3.8) is 0 Å². The lowest BCUT2D eigenvalue weighted by Gasteiger charge is -2.44. The number of hydrogen-bond donors (Lipinski definition) is 24. The van der Waals surface area contributed by atoms with Gasteiger partial charge in [-0.15, -0.1) is 0 Å². The molecule has 7 aromatic rings. The lowest BCUT2D eigenvalue weighted by atomic mass is 9.85. The number of aromatic hydroxyl groups is 4. The number of carbonyl (C=O) groups is 8. The maximum atomic E-state index is 17.2. The van der Waals surface area contributed by atoms with E-state index in [4.69, 9.17) is 65.8 Å². The summed E-state index contributed by atoms with van der Waals surface area (Å²) < 4.78 is 58.4. The minimum Gasteiger partial charge on any atom is -0.508 e. The molecular weight excluding hydrogens is 1840 g/mol. The van der Waals surface area contributed by atoms with Gasteiger partial charge in [0.25, 0.3) is 0 Å². The summed E-state index contributed by atoms with van der Waals surface area (Å²) in [7, 11) is 0. The average molecular weight is 1950 g/mol. The van der Waals surface area contributed by atoms with E-state index < -0.39 is 299 Å². The fourth-order valence-electron chi connectivity index (χ4n) is 18.2. The third-order valence-electron chi connectivity index (χ3n) is 24.4. The van der Waals surface area contributed by atoms with E-state index in [1.165, 1.54) is 42.5 Å². The molecule has 25 atom stereocenters. The van der Waals surface area contributed by atoms with Crippen molar-refractivity contribution in [1.29, 1.82) is 0 Å². The molecular formula is C94H111Cl2N9O32. The van der Waals surface area contributed by atoms with Crippen LogP contribution in [0.25, 0.3) is 11.1 Å². The zero-order valence-corrected chi connectivity index (χ0v) is 77.0. The smallest absolute Gasteiger partial charge is 0.330 e. The standard InChI is InChI=1S/C94H111Cl2N9O32/c1-37(30-93(4,5)6)32-97-66-42-12-15-55(113)58(24-42)129-48-21-44(20-46(110)27-48)68-86(124)103-69-45-25-60(130-56-16-10-40(18-51(56)95)19-53(83(121)101-68)100-84(66)122)82(137-90-71(77(117)74(114)62(34-106)133-90)98-33-38(2)31-94(7,8)9)61(26-45)131-57-17-13-43(23-52(57)96)81(136-91-72(99-39(3)109)78(118)75(115)63(35-107)134-91)73-88(126)104-70(89(127)128)50-28-47(111)29-59(132-92-80(120)79(119)76(116)64(36-108)135-92)65(50)49-22-41(11-14-54(49)112)67(85(123)105-73)102-87(69)125/h10-18,20-29,37-38,53,62-64,66-81,90-92,97-98,106-108,110-120H,19,30-36H2,1-9H3,(H,99,109)(H,100,122)(H,101,121)(H,102,125)(H,103,124)(H,104,126)(H,105,123)(H,127,128)/t37?,38?,53-,62-,63-,64-,66-,67-,68+,69-,70+,71-,72-,73+,74-,75-,76-,77-,78-,79+,80+,81-,90+,91+,92+/m1/s1. The topological polar surface area (TPSA) is 631 Å². The predicted molar refractivity (Wildman–Crippen MR) is 481 cm³/mol. The van der Waals surface area contributed by atoms with Gasteiger partial charge in [0, 0.05) is 42.2 Å². The van der Waals surface area contributed by atoms with Crippen molar-refractivity contribution in [2.24, 2.45) is 22.7 Å². The number of halogens is 2. The molecule has 0 aliphatic carbocycles. The summed E-state index contributed by atoms with van der Waals surface area (Å²) in [4.78, 5) is 126. The van der Waals surface area contributed by atoms with Gasteiger partial charge in [-0.05, 0) is 161 Å². The molecule has 3 saturated heterocycles. The first-order valence-corrected chi connectivity index (χ1v) is 45.0. The van der Waals surface area contributed by atoms with Crippen LogP contribution in [0.3, 0.4) is 0 Å². The van der Waals surface area contributed by atoms with Crippen molar-refractivity contribution < 1.29 is 158 Å². The number of carboxylic acids is 1.